The molecule has 0 bridgehead atoms. The maximum Gasteiger partial charge on any atom is 0.0355 e. The van der Waals surface area contributed by atoms with Crippen molar-refractivity contribution in [3.8, 4) is 0 Å². The van der Waals surface area contributed by atoms with Gasteiger partial charge in [0.05, 0.1) is 0 Å². The monoisotopic (exact) mass is 229 g/mol. The topological polar surface area (TPSA) is 12.0 Å². The normalized spacial score (nSPS) is 17.6. The highest BCUT2D eigenvalue weighted by Crippen LogP contribution is 2.27. The summed E-state index contributed by atoms with van der Waals surface area (Å²) in [6, 6.07) is 9.38. The van der Waals surface area contributed by atoms with Gasteiger partial charge in [-0.05, 0) is 51.6 Å². The van der Waals surface area contributed by atoms with Crippen LogP contribution in [0.25, 0.3) is 0 Å². The summed E-state index contributed by atoms with van der Waals surface area (Å²) in [6.07, 6.45) is 8.93. The number of aryl methyl sites for hydroxylation is 1. The summed E-state index contributed by atoms with van der Waals surface area (Å²) in [7, 11) is 2.06. The van der Waals surface area contributed by atoms with Crippen LogP contribution in [0.4, 0.5) is 0 Å². The molecule has 1 atom stereocenters. The molecule has 0 fully saturated rings. The van der Waals surface area contributed by atoms with E-state index in [1.165, 1.54) is 43.2 Å². The number of benzene rings is 1. The van der Waals surface area contributed by atoms with Gasteiger partial charge in [0.15, 0.2) is 0 Å². The van der Waals surface area contributed by atoms with Crippen LogP contribution in [0, 0.1) is 6.92 Å². The number of nitrogens with one attached hydrogen (secondary N) is 1. The zero-order valence-corrected chi connectivity index (χ0v) is 11.0. The maximum absolute atomic E-state index is 3.44. The van der Waals surface area contributed by atoms with Gasteiger partial charge in [-0.3, -0.25) is 0 Å². The van der Waals surface area contributed by atoms with E-state index in [0.717, 1.165) is 0 Å². The Morgan fingerprint density at radius 2 is 1.94 bits per heavy atom. The maximum atomic E-state index is 3.44. The molecule has 1 unspecified atom stereocenters. The van der Waals surface area contributed by atoms with Gasteiger partial charge in [-0.15, -0.1) is 0 Å². The van der Waals surface area contributed by atoms with Gasteiger partial charge in [-0.25, -0.2) is 0 Å². The lowest BCUT2D eigenvalue weighted by Crippen LogP contribution is -2.17. The lowest BCUT2D eigenvalue weighted by Gasteiger charge is -2.21. The first-order valence-corrected chi connectivity index (χ1v) is 6.71. The minimum absolute atomic E-state index is 0.472. The molecule has 0 amide bonds. The van der Waals surface area contributed by atoms with Crippen LogP contribution in [-0.2, 0) is 0 Å². The van der Waals surface area contributed by atoms with Crippen LogP contribution in [0.1, 0.15) is 49.3 Å². The van der Waals surface area contributed by atoms with Crippen molar-refractivity contribution in [3.05, 3.63) is 47.0 Å². The first kappa shape index (κ1) is 12.4. The summed E-state index contributed by atoms with van der Waals surface area (Å²) in [5, 5.41) is 3.44. The van der Waals surface area contributed by atoms with E-state index < -0.39 is 0 Å². The average Bonchev–Trinajstić information content (AvgIpc) is 2.38. The van der Waals surface area contributed by atoms with Crippen LogP contribution in [0.5, 0.6) is 0 Å². The van der Waals surface area contributed by atoms with Crippen molar-refractivity contribution in [1.29, 1.82) is 0 Å². The SMILES string of the molecule is CNC(CC1=CCCCC1)c1ccc(C)cc1. The highest BCUT2D eigenvalue weighted by atomic mass is 14.9. The van der Waals surface area contributed by atoms with Crippen molar-refractivity contribution in [1.82, 2.24) is 5.32 Å². The molecule has 1 heteroatoms. The zero-order chi connectivity index (χ0) is 12.1. The highest BCUT2D eigenvalue weighted by molar-refractivity contribution is 5.25. The molecule has 2 rings (SSSR count). The number of rotatable bonds is 4. The van der Waals surface area contributed by atoms with Gasteiger partial charge in [-0.1, -0.05) is 41.5 Å². The van der Waals surface area contributed by atoms with Gasteiger partial charge in [0.1, 0.15) is 0 Å². The Kier molecular flexibility index (Phi) is 4.38. The summed E-state index contributed by atoms with van der Waals surface area (Å²) in [4.78, 5) is 0. The third-order valence-electron chi connectivity index (χ3n) is 3.68. The standard InChI is InChI=1S/C16H23N/c1-13-8-10-15(11-9-13)16(17-2)12-14-6-4-3-5-7-14/h6,8-11,16-17H,3-5,7,12H2,1-2H3. The quantitative estimate of drug-likeness (QED) is 0.765. The number of allylic oxidation sites excluding steroid dienone is 1. The second kappa shape index (κ2) is 6.02. The fourth-order valence-electron chi connectivity index (χ4n) is 2.54. The smallest absolute Gasteiger partial charge is 0.0355 e. The van der Waals surface area contributed by atoms with E-state index in [0.29, 0.717) is 6.04 Å². The fraction of sp³-hybridized carbons (Fsp3) is 0.500. The minimum atomic E-state index is 0.472. The molecule has 1 aliphatic rings. The van der Waals surface area contributed by atoms with Crippen molar-refractivity contribution >= 4 is 0 Å². The van der Waals surface area contributed by atoms with Gasteiger partial charge < -0.3 is 5.32 Å². The van der Waals surface area contributed by atoms with E-state index in [2.05, 4.69) is 49.6 Å². The molecule has 17 heavy (non-hydrogen) atoms. The largest absolute Gasteiger partial charge is 0.313 e. The van der Waals surface area contributed by atoms with Crippen molar-refractivity contribution in [3.63, 3.8) is 0 Å². The third-order valence-corrected chi connectivity index (χ3v) is 3.68. The molecule has 1 aromatic carbocycles. The van der Waals surface area contributed by atoms with Crippen molar-refractivity contribution in [2.45, 2.75) is 45.1 Å². The van der Waals surface area contributed by atoms with Gasteiger partial charge in [0.25, 0.3) is 0 Å². The summed E-state index contributed by atoms with van der Waals surface area (Å²) < 4.78 is 0. The van der Waals surface area contributed by atoms with E-state index in [9.17, 15) is 0 Å². The van der Waals surface area contributed by atoms with E-state index in [4.69, 9.17) is 0 Å². The van der Waals surface area contributed by atoms with Crippen molar-refractivity contribution < 1.29 is 0 Å². The van der Waals surface area contributed by atoms with E-state index in [1.54, 1.807) is 5.57 Å². The molecule has 0 heterocycles. The minimum Gasteiger partial charge on any atom is -0.313 e. The Morgan fingerprint density at radius 3 is 2.53 bits per heavy atom. The summed E-state index contributed by atoms with van der Waals surface area (Å²) in [6.45, 7) is 2.14. The summed E-state index contributed by atoms with van der Waals surface area (Å²) in [5.41, 5.74) is 4.38. The van der Waals surface area contributed by atoms with Crippen LogP contribution >= 0.6 is 0 Å². The van der Waals surface area contributed by atoms with Crippen molar-refractivity contribution in [2.24, 2.45) is 0 Å². The lowest BCUT2D eigenvalue weighted by atomic mass is 9.91. The molecule has 0 spiro atoms. The average molecular weight is 229 g/mol. The first-order chi connectivity index (χ1) is 8.29. The number of hydrogen-bond acceptors (Lipinski definition) is 1. The molecule has 0 saturated carbocycles. The van der Waals surface area contributed by atoms with Crippen LogP contribution in [0.3, 0.4) is 0 Å². The highest BCUT2D eigenvalue weighted by Gasteiger charge is 2.12. The number of hydrogen-bond donors (Lipinski definition) is 1. The van der Waals surface area contributed by atoms with Crippen LogP contribution in [0.2, 0.25) is 0 Å². The molecule has 0 aromatic heterocycles. The molecule has 0 aliphatic heterocycles. The van der Waals surface area contributed by atoms with E-state index in [1.807, 2.05) is 0 Å². The van der Waals surface area contributed by atoms with Gasteiger partial charge in [-0.2, -0.15) is 0 Å². The molecular weight excluding hydrogens is 206 g/mol. The Bertz CT molecular complexity index is 375. The zero-order valence-electron chi connectivity index (χ0n) is 11.0. The van der Waals surface area contributed by atoms with Crippen molar-refractivity contribution in [2.75, 3.05) is 7.05 Å². The fourth-order valence-corrected chi connectivity index (χ4v) is 2.54. The van der Waals surface area contributed by atoms with Crippen LogP contribution < -0.4 is 5.32 Å². The van der Waals surface area contributed by atoms with Gasteiger partial charge in [0, 0.05) is 6.04 Å². The molecule has 1 aliphatic carbocycles. The molecule has 1 aromatic rings. The van der Waals surface area contributed by atoms with Crippen LogP contribution in [-0.4, -0.2) is 7.05 Å². The Labute approximate surface area is 105 Å². The third kappa shape index (κ3) is 3.44. The van der Waals surface area contributed by atoms with Crippen LogP contribution in [0.15, 0.2) is 35.9 Å². The molecule has 1 N–H and O–H groups in total. The molecule has 1 nitrogen and oxygen atoms in total. The predicted molar refractivity (Wildman–Crippen MR) is 74.1 cm³/mol. The Hall–Kier alpha value is -1.08. The second-order valence-electron chi connectivity index (χ2n) is 5.06. The molecule has 0 radical (unpaired) electrons. The van der Waals surface area contributed by atoms with Gasteiger partial charge >= 0.3 is 0 Å². The Morgan fingerprint density at radius 1 is 1.18 bits per heavy atom. The first-order valence-electron chi connectivity index (χ1n) is 6.71. The second-order valence-corrected chi connectivity index (χ2v) is 5.06. The molecule has 0 saturated heterocycles. The molecule has 92 valence electrons. The molecular formula is C16H23N. The summed E-state index contributed by atoms with van der Waals surface area (Å²) in [5.74, 6) is 0. The van der Waals surface area contributed by atoms with Gasteiger partial charge in [0.2, 0.25) is 0 Å². The predicted octanol–water partition coefficient (Wildman–Crippen LogP) is 4.15. The lowest BCUT2D eigenvalue weighted by molar-refractivity contribution is 0.559. The van der Waals surface area contributed by atoms with E-state index in [-0.39, 0.29) is 0 Å². The summed E-state index contributed by atoms with van der Waals surface area (Å²) >= 11 is 0. The van der Waals surface area contributed by atoms with E-state index >= 15 is 0 Å². The Balaban J connectivity index is 2.05.